The van der Waals surface area contributed by atoms with Crippen LogP contribution in [0.5, 0.6) is 0 Å². The van der Waals surface area contributed by atoms with Gasteiger partial charge in [-0.1, -0.05) is 73.3 Å². The van der Waals surface area contributed by atoms with Crippen molar-refractivity contribution in [3.05, 3.63) is 90.8 Å². The summed E-state index contributed by atoms with van der Waals surface area (Å²) in [5.41, 5.74) is 3.60. The zero-order chi connectivity index (χ0) is 15.1. The van der Waals surface area contributed by atoms with E-state index < -0.39 is 0 Å². The second-order valence-corrected chi connectivity index (χ2v) is 4.86. The summed E-state index contributed by atoms with van der Waals surface area (Å²) < 4.78 is 14.1. The fourth-order valence-electron chi connectivity index (χ4n) is 2.09. The fourth-order valence-corrected chi connectivity index (χ4v) is 2.25. The number of allylic oxidation sites excluding steroid dienone is 4. The molecule has 0 unspecified atom stereocenters. The van der Waals surface area contributed by atoms with Gasteiger partial charge in [-0.15, -0.1) is 0 Å². The van der Waals surface area contributed by atoms with Gasteiger partial charge in [0.15, 0.2) is 0 Å². The third kappa shape index (κ3) is 3.96. The standard InChI is InChI=1S/C19H17FS/c1-2-6-18(19(20)13-14-21)17-11-9-16(10-12-17)15-7-4-3-5-8-15/h2-13,21H,1,14H2/b18-6-,19-13+. The number of hydrogen-bond acceptors (Lipinski definition) is 1. The largest absolute Gasteiger partial charge is 0.207 e. The highest BCUT2D eigenvalue weighted by molar-refractivity contribution is 7.80. The first kappa shape index (κ1) is 15.3. The van der Waals surface area contributed by atoms with Gasteiger partial charge in [-0.3, -0.25) is 0 Å². The van der Waals surface area contributed by atoms with Crippen LogP contribution in [-0.2, 0) is 0 Å². The second kappa shape index (κ2) is 7.65. The maximum atomic E-state index is 14.1. The molecule has 0 spiro atoms. The first-order valence-electron chi connectivity index (χ1n) is 6.71. The topological polar surface area (TPSA) is 0 Å². The third-order valence-corrected chi connectivity index (χ3v) is 3.30. The van der Waals surface area contributed by atoms with Gasteiger partial charge in [0.1, 0.15) is 5.83 Å². The number of benzene rings is 2. The highest BCUT2D eigenvalue weighted by Gasteiger charge is 2.07. The molecule has 2 rings (SSSR count). The predicted molar refractivity (Wildman–Crippen MR) is 93.1 cm³/mol. The molecule has 0 bridgehead atoms. The van der Waals surface area contributed by atoms with Crippen LogP contribution < -0.4 is 0 Å². The minimum atomic E-state index is -0.280. The zero-order valence-electron chi connectivity index (χ0n) is 11.7. The average Bonchev–Trinajstić information content (AvgIpc) is 2.54. The lowest BCUT2D eigenvalue weighted by atomic mass is 9.99. The summed E-state index contributed by atoms with van der Waals surface area (Å²) >= 11 is 4.03. The summed E-state index contributed by atoms with van der Waals surface area (Å²) in [6.07, 6.45) is 4.71. The molecule has 0 atom stereocenters. The molecule has 2 heteroatoms. The molecule has 2 aromatic carbocycles. The van der Waals surface area contributed by atoms with Crippen LogP contribution in [0.15, 0.2) is 85.2 Å². The van der Waals surface area contributed by atoms with Crippen molar-refractivity contribution < 1.29 is 4.39 Å². The Morgan fingerprint density at radius 1 is 1.00 bits per heavy atom. The van der Waals surface area contributed by atoms with Crippen molar-refractivity contribution in [1.82, 2.24) is 0 Å². The maximum Gasteiger partial charge on any atom is 0.127 e. The minimum Gasteiger partial charge on any atom is -0.207 e. The van der Waals surface area contributed by atoms with Crippen molar-refractivity contribution in [3.63, 3.8) is 0 Å². The van der Waals surface area contributed by atoms with Gasteiger partial charge in [0.2, 0.25) is 0 Å². The van der Waals surface area contributed by atoms with E-state index in [1.165, 1.54) is 6.08 Å². The van der Waals surface area contributed by atoms with E-state index >= 15 is 0 Å². The van der Waals surface area contributed by atoms with Gasteiger partial charge in [-0.25, -0.2) is 4.39 Å². The Hall–Kier alpha value is -2.06. The summed E-state index contributed by atoms with van der Waals surface area (Å²) in [5, 5.41) is 0. The molecule has 0 saturated heterocycles. The molecule has 106 valence electrons. The first-order chi connectivity index (χ1) is 10.3. The molecule has 2 aromatic rings. The molecule has 0 nitrogen and oxygen atoms in total. The number of hydrogen-bond donors (Lipinski definition) is 1. The smallest absolute Gasteiger partial charge is 0.127 e. The summed E-state index contributed by atoms with van der Waals surface area (Å²) in [6, 6.07) is 17.9. The first-order valence-corrected chi connectivity index (χ1v) is 7.35. The van der Waals surface area contributed by atoms with E-state index in [2.05, 4.69) is 31.3 Å². The molecule has 0 fully saturated rings. The highest BCUT2D eigenvalue weighted by Crippen LogP contribution is 2.27. The van der Waals surface area contributed by atoms with E-state index in [1.807, 2.05) is 42.5 Å². The van der Waals surface area contributed by atoms with Gasteiger partial charge in [-0.2, -0.15) is 12.6 Å². The van der Waals surface area contributed by atoms with Crippen LogP contribution in [0, 0.1) is 0 Å². The lowest BCUT2D eigenvalue weighted by Crippen LogP contribution is -1.87. The molecule has 0 aliphatic rings. The number of thiol groups is 1. The maximum absolute atomic E-state index is 14.1. The molecular formula is C19H17FS. The summed E-state index contributed by atoms with van der Waals surface area (Å²) in [5.74, 6) is 0.0833. The molecule has 21 heavy (non-hydrogen) atoms. The van der Waals surface area contributed by atoms with Crippen LogP contribution in [0.4, 0.5) is 4.39 Å². The average molecular weight is 296 g/mol. The molecule has 0 amide bonds. The van der Waals surface area contributed by atoms with Gasteiger partial charge in [0.05, 0.1) is 0 Å². The Kier molecular flexibility index (Phi) is 5.59. The van der Waals surface area contributed by atoms with Crippen molar-refractivity contribution >= 4 is 18.2 Å². The van der Waals surface area contributed by atoms with Crippen molar-refractivity contribution in [2.24, 2.45) is 0 Å². The molecule has 0 aliphatic heterocycles. The lowest BCUT2D eigenvalue weighted by molar-refractivity contribution is 0.672. The SMILES string of the molecule is C=C/C=C(\C(F)=C/CS)c1ccc(-c2ccccc2)cc1. The van der Waals surface area contributed by atoms with E-state index in [-0.39, 0.29) is 5.83 Å². The molecule has 0 aromatic heterocycles. The monoisotopic (exact) mass is 296 g/mol. The Balaban J connectivity index is 2.35. The zero-order valence-corrected chi connectivity index (χ0v) is 12.6. The normalized spacial score (nSPS) is 12.3. The van der Waals surface area contributed by atoms with Gasteiger partial charge in [0.25, 0.3) is 0 Å². The molecule has 0 heterocycles. The Labute approximate surface area is 130 Å². The van der Waals surface area contributed by atoms with Crippen molar-refractivity contribution in [3.8, 4) is 11.1 Å². The Morgan fingerprint density at radius 3 is 2.19 bits per heavy atom. The van der Waals surface area contributed by atoms with Crippen molar-refractivity contribution in [1.29, 1.82) is 0 Å². The van der Waals surface area contributed by atoms with Crippen molar-refractivity contribution in [2.45, 2.75) is 0 Å². The van der Waals surface area contributed by atoms with Gasteiger partial charge in [-0.05, 0) is 22.8 Å². The van der Waals surface area contributed by atoms with E-state index in [1.54, 1.807) is 12.2 Å². The minimum absolute atomic E-state index is 0.280. The molecular weight excluding hydrogens is 279 g/mol. The number of halogens is 1. The van der Waals surface area contributed by atoms with Gasteiger partial charge >= 0.3 is 0 Å². The molecule has 0 aliphatic carbocycles. The quantitative estimate of drug-likeness (QED) is 0.530. The van der Waals surface area contributed by atoms with Crippen molar-refractivity contribution in [2.75, 3.05) is 5.75 Å². The lowest BCUT2D eigenvalue weighted by Gasteiger charge is -2.07. The van der Waals surface area contributed by atoms with Gasteiger partial charge in [0, 0.05) is 11.3 Å². The van der Waals surface area contributed by atoms with Crippen LogP contribution >= 0.6 is 12.6 Å². The highest BCUT2D eigenvalue weighted by atomic mass is 32.1. The Bertz CT molecular complexity index is 652. The van der Waals surface area contributed by atoms with E-state index in [0.717, 1.165) is 16.7 Å². The van der Waals surface area contributed by atoms with E-state index in [9.17, 15) is 4.39 Å². The molecule has 0 radical (unpaired) electrons. The van der Waals surface area contributed by atoms with Crippen LogP contribution in [0.25, 0.3) is 16.7 Å². The van der Waals surface area contributed by atoms with Crippen LogP contribution in [0.2, 0.25) is 0 Å². The fraction of sp³-hybridized carbons (Fsp3) is 0.0526. The summed E-state index contributed by atoms with van der Waals surface area (Å²) in [4.78, 5) is 0. The van der Waals surface area contributed by atoms with E-state index in [0.29, 0.717) is 11.3 Å². The Morgan fingerprint density at radius 2 is 1.62 bits per heavy atom. The molecule has 0 saturated carbocycles. The predicted octanol–water partition coefficient (Wildman–Crippen LogP) is 5.71. The second-order valence-electron chi connectivity index (χ2n) is 4.49. The van der Waals surface area contributed by atoms with E-state index in [4.69, 9.17) is 0 Å². The summed E-state index contributed by atoms with van der Waals surface area (Å²) in [6.45, 7) is 3.64. The summed E-state index contributed by atoms with van der Waals surface area (Å²) in [7, 11) is 0. The van der Waals surface area contributed by atoms with Gasteiger partial charge < -0.3 is 0 Å². The third-order valence-electron chi connectivity index (χ3n) is 3.12. The molecule has 0 N–H and O–H groups in total. The van der Waals surface area contributed by atoms with Crippen LogP contribution in [0.3, 0.4) is 0 Å². The number of rotatable bonds is 5. The van der Waals surface area contributed by atoms with Crippen LogP contribution in [0.1, 0.15) is 5.56 Å². The van der Waals surface area contributed by atoms with Crippen LogP contribution in [-0.4, -0.2) is 5.75 Å².